The molecule has 0 radical (unpaired) electrons. The Bertz CT molecular complexity index is 1350. The lowest BCUT2D eigenvalue weighted by molar-refractivity contribution is -0.122. The van der Waals surface area contributed by atoms with Crippen molar-refractivity contribution >= 4 is 60.8 Å². The van der Waals surface area contributed by atoms with E-state index in [1.54, 1.807) is 34.6 Å². The van der Waals surface area contributed by atoms with Gasteiger partial charge < -0.3 is 75.8 Å². The number of alkyl halides is 5. The maximum absolute atomic E-state index is 12.3. The molecule has 350 valence electrons. The normalized spacial score (nSPS) is 34.0. The molecule has 11 unspecified atom stereocenters. The van der Waals surface area contributed by atoms with Crippen LogP contribution in [0.25, 0.3) is 0 Å². The van der Waals surface area contributed by atoms with E-state index in [-0.39, 0.29) is 37.1 Å². The molecule has 0 bridgehead atoms. The monoisotopic (exact) mass is 922 g/mol. The van der Waals surface area contributed by atoms with Crippen LogP contribution in [0, 0.1) is 0 Å². The molecule has 0 aromatic carbocycles. The molecular formula is C32H43ClF4O24. The minimum Gasteiger partial charge on any atom is -0.430 e. The molecule has 8 rings (SSSR count). The molecule has 61 heavy (non-hydrogen) atoms. The van der Waals surface area contributed by atoms with Crippen molar-refractivity contribution in [3.05, 3.63) is 0 Å². The summed E-state index contributed by atoms with van der Waals surface area (Å²) in [5.41, 5.74) is -0.609. The van der Waals surface area contributed by atoms with E-state index >= 15 is 0 Å². The van der Waals surface area contributed by atoms with Gasteiger partial charge in [-0.2, -0.15) is 17.6 Å². The van der Waals surface area contributed by atoms with Crippen molar-refractivity contribution in [1.29, 1.82) is 0 Å². The average Bonchev–Trinajstić information content (AvgIpc) is 4.03. The van der Waals surface area contributed by atoms with Crippen LogP contribution < -0.4 is 0 Å². The van der Waals surface area contributed by atoms with Crippen molar-refractivity contribution in [2.75, 3.05) is 33.0 Å². The number of hydrogen-bond acceptors (Lipinski definition) is 24. The predicted molar refractivity (Wildman–Crippen MR) is 180 cm³/mol. The van der Waals surface area contributed by atoms with Crippen molar-refractivity contribution in [2.45, 2.75) is 122 Å². The van der Waals surface area contributed by atoms with Gasteiger partial charge in [0.2, 0.25) is 5.56 Å². The van der Waals surface area contributed by atoms with Gasteiger partial charge in [0.25, 0.3) is 12.2 Å². The fourth-order valence-corrected chi connectivity index (χ4v) is 3.48. The molecule has 8 aliphatic heterocycles. The lowest BCUT2D eigenvalue weighted by Crippen LogP contribution is -2.27. The van der Waals surface area contributed by atoms with Crippen molar-refractivity contribution in [3.8, 4) is 0 Å². The highest BCUT2D eigenvalue weighted by atomic mass is 35.5. The number of cyclic esters (lactones) is 16. The minimum absolute atomic E-state index is 0.0486. The van der Waals surface area contributed by atoms with Crippen LogP contribution in [0.15, 0.2) is 0 Å². The summed E-state index contributed by atoms with van der Waals surface area (Å²) in [5, 5.41) is 0. The maximum Gasteiger partial charge on any atom is 0.514 e. The molecule has 0 N–H and O–H groups in total. The van der Waals surface area contributed by atoms with Gasteiger partial charge in [0.15, 0.2) is 18.8 Å². The van der Waals surface area contributed by atoms with E-state index in [1.807, 2.05) is 0 Å². The second-order valence-electron chi connectivity index (χ2n) is 12.6. The maximum atomic E-state index is 12.3. The Morgan fingerprint density at radius 3 is 0.918 bits per heavy atom. The zero-order chi connectivity index (χ0) is 46.7. The Morgan fingerprint density at radius 2 is 0.836 bits per heavy atom. The summed E-state index contributed by atoms with van der Waals surface area (Å²) >= 11 is 5.39. The molecule has 8 aliphatic rings. The highest BCUT2D eigenvalue weighted by molar-refractivity contribution is 6.21. The lowest BCUT2D eigenvalue weighted by Gasteiger charge is -2.08. The highest BCUT2D eigenvalue weighted by Crippen LogP contribution is 2.28. The fraction of sp³-hybridized carbons (Fsp3) is 0.750. The Balaban J connectivity index is 0.000000349. The molecule has 0 aliphatic carbocycles. The van der Waals surface area contributed by atoms with Gasteiger partial charge in [-0.25, -0.2) is 38.4 Å². The number of carbonyl (C=O) groups is 8. The van der Waals surface area contributed by atoms with Gasteiger partial charge in [-0.05, 0) is 41.5 Å². The topological polar surface area (TPSA) is 284 Å². The third-order valence-corrected chi connectivity index (χ3v) is 6.73. The molecule has 29 heteroatoms. The van der Waals surface area contributed by atoms with Crippen LogP contribution in [-0.4, -0.2) is 149 Å². The van der Waals surface area contributed by atoms with Crippen molar-refractivity contribution in [3.63, 3.8) is 0 Å². The Labute approximate surface area is 347 Å². The summed E-state index contributed by atoms with van der Waals surface area (Å²) in [7, 11) is 0. The van der Waals surface area contributed by atoms with Gasteiger partial charge >= 0.3 is 61.5 Å². The molecule has 0 saturated carbocycles. The summed E-state index contributed by atoms with van der Waals surface area (Å²) in [6.45, 7) is 13.4. The summed E-state index contributed by atoms with van der Waals surface area (Å²) < 4.78 is 117. The first-order chi connectivity index (χ1) is 28.2. The Hall–Kier alpha value is -5.83. The molecule has 24 nitrogen and oxygen atoms in total. The number of ether oxygens (including phenoxy) is 16. The number of rotatable bonds is 0. The van der Waals surface area contributed by atoms with E-state index < -0.39 is 85.3 Å². The van der Waals surface area contributed by atoms with Gasteiger partial charge in [-0.15, -0.1) is 0 Å². The molecule has 8 heterocycles. The second kappa shape index (κ2) is 25.1. The molecule has 11 atom stereocenters. The fourth-order valence-electron chi connectivity index (χ4n) is 3.36. The summed E-state index contributed by atoms with van der Waals surface area (Å²) in [4.78, 5) is 80.1. The molecule has 8 saturated heterocycles. The quantitative estimate of drug-likeness (QED) is 0.115. The first-order valence-electron chi connectivity index (χ1n) is 17.3. The molecule has 0 spiro atoms. The Morgan fingerprint density at radius 1 is 0.459 bits per heavy atom. The first-order valence-corrected chi connectivity index (χ1v) is 17.7. The van der Waals surface area contributed by atoms with E-state index in [0.717, 1.165) is 13.8 Å². The molecule has 0 amide bonds. The average molecular weight is 923 g/mol. The van der Waals surface area contributed by atoms with Gasteiger partial charge in [-0.1, -0.05) is 11.6 Å². The van der Waals surface area contributed by atoms with E-state index in [2.05, 4.69) is 75.8 Å². The minimum atomic E-state index is -2.61. The molecule has 0 aromatic rings. The standard InChI is InChI=1S/C4H5ClO3.C4H4F2O3.2C4H5FO3.4C4H6O3/c1-2-3(5)8-4(6)7-2;1-4(6)2(5)8-3(7)9-4;1-4(5)2-7-3(6)8-4;1-2-3(5)8-4(6)7-2;4*1-3-2-6-4(5)7-3/h2-3H,1H3;2H,1H3;2H2,1H3;2-3H,1H3;4*3H,2H2,1H3. The number of halogens is 5. The van der Waals surface area contributed by atoms with E-state index in [9.17, 15) is 55.9 Å². The number of carbonyl (C=O) groups excluding carboxylic acids is 8. The zero-order valence-electron chi connectivity index (χ0n) is 33.4. The van der Waals surface area contributed by atoms with Crippen LogP contribution in [0.4, 0.5) is 55.9 Å². The van der Waals surface area contributed by atoms with Crippen molar-refractivity contribution in [1.82, 2.24) is 0 Å². The zero-order valence-corrected chi connectivity index (χ0v) is 34.2. The largest absolute Gasteiger partial charge is 0.514 e. The third kappa shape index (κ3) is 22.9. The van der Waals surface area contributed by atoms with E-state index in [0.29, 0.717) is 26.4 Å². The van der Waals surface area contributed by atoms with Gasteiger partial charge in [0.05, 0.1) is 0 Å². The predicted octanol–water partition coefficient (Wildman–Crippen LogP) is 6.08. The van der Waals surface area contributed by atoms with Gasteiger partial charge in [0.1, 0.15) is 50.8 Å². The lowest BCUT2D eigenvalue weighted by atomic mass is 10.4. The highest BCUT2D eigenvalue weighted by Gasteiger charge is 2.49. The van der Waals surface area contributed by atoms with Crippen LogP contribution >= 0.6 is 11.6 Å². The summed E-state index contributed by atoms with van der Waals surface area (Å²) in [6, 6.07) is 0. The molecule has 0 aromatic heterocycles. The van der Waals surface area contributed by atoms with Crippen molar-refractivity contribution in [2.24, 2.45) is 0 Å². The Kier molecular flexibility index (Phi) is 21.9. The summed E-state index contributed by atoms with van der Waals surface area (Å²) in [5.74, 6) is -4.52. The molecular weight excluding hydrogens is 880 g/mol. The summed E-state index contributed by atoms with van der Waals surface area (Å²) in [6.07, 6.45) is -11.2. The second-order valence-corrected chi connectivity index (χ2v) is 13.0. The van der Waals surface area contributed by atoms with Gasteiger partial charge in [-0.3, -0.25) is 0 Å². The van der Waals surface area contributed by atoms with Crippen LogP contribution in [0.2, 0.25) is 0 Å². The van der Waals surface area contributed by atoms with Gasteiger partial charge in [0, 0.05) is 13.8 Å². The third-order valence-electron chi connectivity index (χ3n) is 6.29. The van der Waals surface area contributed by atoms with E-state index in [1.165, 1.54) is 6.92 Å². The van der Waals surface area contributed by atoms with E-state index in [4.69, 9.17) is 11.6 Å². The smallest absolute Gasteiger partial charge is 0.430 e. The molecule has 8 fully saturated rings. The number of hydrogen-bond donors (Lipinski definition) is 0. The van der Waals surface area contributed by atoms with Crippen LogP contribution in [-0.2, 0) is 75.8 Å². The van der Waals surface area contributed by atoms with Crippen LogP contribution in [0.3, 0.4) is 0 Å². The SMILES string of the molecule is CC1(F)COC(=O)O1.CC1(F)OC(=O)OC1F.CC1COC(=O)O1.CC1COC(=O)O1.CC1COC(=O)O1.CC1COC(=O)O1.CC1OC(=O)OC1Cl.CC1OC(=O)OC1F. The van der Waals surface area contributed by atoms with Crippen LogP contribution in [0.1, 0.15) is 55.4 Å². The van der Waals surface area contributed by atoms with Crippen molar-refractivity contribution < 1.29 is 132 Å². The first kappa shape index (κ1) is 53.2. The van der Waals surface area contributed by atoms with Crippen LogP contribution in [0.5, 0.6) is 0 Å².